The van der Waals surface area contributed by atoms with Gasteiger partial charge in [-0.25, -0.2) is 14.6 Å². The van der Waals surface area contributed by atoms with Crippen LogP contribution in [0.15, 0.2) is 79.3 Å². The van der Waals surface area contributed by atoms with E-state index in [9.17, 15) is 4.79 Å². The Kier molecular flexibility index (Phi) is 5.07. The number of benzene rings is 3. The van der Waals surface area contributed by atoms with Crippen LogP contribution in [0.5, 0.6) is 0 Å². The lowest BCUT2D eigenvalue weighted by atomic mass is 10.1. The van der Waals surface area contributed by atoms with Crippen LogP contribution < -0.4 is 5.32 Å². The van der Waals surface area contributed by atoms with Crippen molar-refractivity contribution in [1.29, 1.82) is 0 Å². The molecule has 0 radical (unpaired) electrons. The second-order valence-electron chi connectivity index (χ2n) is 8.81. The van der Waals surface area contributed by atoms with Crippen molar-refractivity contribution in [3.8, 4) is 11.5 Å². The Bertz CT molecular complexity index is 1780. The zero-order valence-corrected chi connectivity index (χ0v) is 20.1. The van der Waals surface area contributed by atoms with Crippen LogP contribution in [0, 0.1) is 20.8 Å². The Morgan fingerprint density at radius 3 is 2.56 bits per heavy atom. The van der Waals surface area contributed by atoms with Crippen LogP contribution in [0.1, 0.15) is 27.2 Å². The summed E-state index contributed by atoms with van der Waals surface area (Å²) in [5.74, 6) is 0.835. The van der Waals surface area contributed by atoms with E-state index in [1.54, 1.807) is 10.9 Å². The summed E-state index contributed by atoms with van der Waals surface area (Å²) in [6.07, 6.45) is 3.23. The molecule has 0 aliphatic carbocycles. The van der Waals surface area contributed by atoms with Crippen LogP contribution in [0.25, 0.3) is 33.3 Å². The van der Waals surface area contributed by atoms with Crippen LogP contribution in [0.3, 0.4) is 0 Å². The van der Waals surface area contributed by atoms with Gasteiger partial charge in [0, 0.05) is 11.6 Å². The first-order chi connectivity index (χ1) is 17.5. The summed E-state index contributed by atoms with van der Waals surface area (Å²) in [5.41, 5.74) is 5.23. The molecule has 0 saturated heterocycles. The summed E-state index contributed by atoms with van der Waals surface area (Å²) in [6, 6.07) is 21.5. The molecule has 176 valence electrons. The summed E-state index contributed by atoms with van der Waals surface area (Å²) in [6.45, 7) is 6.01. The molecule has 3 aromatic carbocycles. The van der Waals surface area contributed by atoms with Crippen molar-refractivity contribution in [2.45, 2.75) is 20.8 Å². The van der Waals surface area contributed by atoms with Gasteiger partial charge in [0.05, 0.1) is 23.0 Å². The summed E-state index contributed by atoms with van der Waals surface area (Å²) in [4.78, 5) is 22.2. The van der Waals surface area contributed by atoms with Gasteiger partial charge in [-0.3, -0.25) is 4.79 Å². The highest BCUT2D eigenvalue weighted by molar-refractivity contribution is 6.06. The van der Waals surface area contributed by atoms with E-state index >= 15 is 0 Å². The zero-order valence-electron chi connectivity index (χ0n) is 20.1. The molecule has 3 aromatic heterocycles. The van der Waals surface area contributed by atoms with E-state index in [0.29, 0.717) is 22.8 Å². The molecule has 0 spiro atoms. The number of carbonyl (C=O) groups is 1. The highest BCUT2D eigenvalue weighted by Crippen LogP contribution is 2.26. The van der Waals surface area contributed by atoms with Crippen molar-refractivity contribution in [1.82, 2.24) is 29.5 Å². The van der Waals surface area contributed by atoms with Gasteiger partial charge in [0.15, 0.2) is 11.5 Å². The number of fused-ring (bicyclic) bond motifs is 2. The molecular weight excluding hydrogens is 450 g/mol. The number of aromatic nitrogens is 6. The standard InChI is InChI=1S/C28H23N7O/c1-17-7-6-10-24(19(17)3)34-26-23(15-31-34)27(30-16-29-26)35-25(13-18(2)33-35)32-28(36)22-12-11-20-8-4-5-9-21(20)14-22/h4-16H,1-3H3,(H,32,36). The van der Waals surface area contributed by atoms with E-state index in [0.717, 1.165) is 33.1 Å². The summed E-state index contributed by atoms with van der Waals surface area (Å²) in [7, 11) is 0. The Morgan fingerprint density at radius 1 is 0.861 bits per heavy atom. The minimum Gasteiger partial charge on any atom is -0.306 e. The second-order valence-corrected chi connectivity index (χ2v) is 8.81. The molecule has 0 aliphatic rings. The van der Waals surface area contributed by atoms with Gasteiger partial charge in [0.2, 0.25) is 0 Å². The molecule has 8 heteroatoms. The van der Waals surface area contributed by atoms with Crippen LogP contribution in [0.2, 0.25) is 0 Å². The van der Waals surface area contributed by atoms with Crippen LogP contribution in [-0.2, 0) is 0 Å². The number of nitrogens with one attached hydrogen (secondary N) is 1. The predicted molar refractivity (Wildman–Crippen MR) is 140 cm³/mol. The second kappa shape index (κ2) is 8.42. The number of aryl methyl sites for hydroxylation is 2. The molecule has 0 aliphatic heterocycles. The van der Waals surface area contributed by atoms with Crippen molar-refractivity contribution in [2.24, 2.45) is 0 Å². The molecule has 36 heavy (non-hydrogen) atoms. The minimum absolute atomic E-state index is 0.224. The first-order valence-corrected chi connectivity index (χ1v) is 11.6. The Morgan fingerprint density at radius 2 is 1.69 bits per heavy atom. The van der Waals surface area contributed by atoms with Crippen LogP contribution in [-0.4, -0.2) is 35.4 Å². The fourth-order valence-electron chi connectivity index (χ4n) is 4.41. The molecule has 0 unspecified atom stereocenters. The first kappa shape index (κ1) is 21.7. The molecule has 1 N–H and O–H groups in total. The third kappa shape index (κ3) is 3.60. The van der Waals surface area contributed by atoms with Gasteiger partial charge < -0.3 is 5.32 Å². The van der Waals surface area contributed by atoms with Gasteiger partial charge in [0.25, 0.3) is 5.91 Å². The highest BCUT2D eigenvalue weighted by Gasteiger charge is 2.19. The molecule has 8 nitrogen and oxygen atoms in total. The summed E-state index contributed by atoms with van der Waals surface area (Å²) in [5, 5.41) is 15.0. The van der Waals surface area contributed by atoms with Crippen LogP contribution in [0.4, 0.5) is 5.82 Å². The van der Waals surface area contributed by atoms with Gasteiger partial charge >= 0.3 is 0 Å². The quantitative estimate of drug-likeness (QED) is 0.374. The van der Waals surface area contributed by atoms with E-state index in [1.807, 2.05) is 72.3 Å². The number of amides is 1. The van der Waals surface area contributed by atoms with Gasteiger partial charge in [-0.2, -0.15) is 14.9 Å². The van der Waals surface area contributed by atoms with Gasteiger partial charge in [-0.15, -0.1) is 0 Å². The largest absolute Gasteiger partial charge is 0.306 e. The maximum absolute atomic E-state index is 13.2. The molecule has 0 saturated carbocycles. The zero-order chi connectivity index (χ0) is 24.8. The highest BCUT2D eigenvalue weighted by atomic mass is 16.1. The van der Waals surface area contributed by atoms with Gasteiger partial charge in [-0.1, -0.05) is 42.5 Å². The van der Waals surface area contributed by atoms with Gasteiger partial charge in [0.1, 0.15) is 12.1 Å². The number of nitrogens with zero attached hydrogens (tertiary/aromatic N) is 6. The number of hydrogen-bond donors (Lipinski definition) is 1. The molecule has 6 rings (SSSR count). The minimum atomic E-state index is -0.224. The Balaban J connectivity index is 1.40. The SMILES string of the molecule is Cc1cc(NC(=O)c2ccc3ccccc3c2)n(-c2ncnc3c2cnn3-c2cccc(C)c2C)n1. The summed E-state index contributed by atoms with van der Waals surface area (Å²) < 4.78 is 3.44. The Hall–Kier alpha value is -4.85. The third-order valence-corrected chi connectivity index (χ3v) is 6.43. The fraction of sp³-hybridized carbons (Fsp3) is 0.107. The van der Waals surface area contributed by atoms with Crippen molar-refractivity contribution in [3.05, 3.63) is 102 Å². The van der Waals surface area contributed by atoms with E-state index in [4.69, 9.17) is 0 Å². The van der Waals surface area contributed by atoms with Crippen molar-refractivity contribution in [3.63, 3.8) is 0 Å². The molecular formula is C28H23N7O. The van der Waals surface area contributed by atoms with Crippen molar-refractivity contribution >= 4 is 33.5 Å². The van der Waals surface area contributed by atoms with Gasteiger partial charge in [-0.05, 0) is 60.9 Å². The molecule has 0 atom stereocenters. The maximum Gasteiger partial charge on any atom is 0.256 e. The topological polar surface area (TPSA) is 90.5 Å². The molecule has 0 bridgehead atoms. The average Bonchev–Trinajstić information content (AvgIpc) is 3.48. The van der Waals surface area contributed by atoms with E-state index < -0.39 is 0 Å². The predicted octanol–water partition coefficient (Wildman–Crippen LogP) is 5.33. The normalized spacial score (nSPS) is 11.3. The fourth-order valence-corrected chi connectivity index (χ4v) is 4.41. The lowest BCUT2D eigenvalue weighted by Gasteiger charge is -2.11. The van der Waals surface area contributed by atoms with E-state index in [-0.39, 0.29) is 5.91 Å². The number of carbonyl (C=O) groups excluding carboxylic acids is 1. The number of hydrogen-bond acceptors (Lipinski definition) is 5. The molecule has 1 amide bonds. The van der Waals surface area contributed by atoms with E-state index in [2.05, 4.69) is 45.4 Å². The van der Waals surface area contributed by atoms with Crippen molar-refractivity contribution in [2.75, 3.05) is 5.32 Å². The third-order valence-electron chi connectivity index (χ3n) is 6.43. The Labute approximate surface area is 207 Å². The first-order valence-electron chi connectivity index (χ1n) is 11.6. The number of anilines is 1. The molecule has 3 heterocycles. The smallest absolute Gasteiger partial charge is 0.256 e. The molecule has 0 fully saturated rings. The van der Waals surface area contributed by atoms with E-state index in [1.165, 1.54) is 11.9 Å². The average molecular weight is 474 g/mol. The van der Waals surface area contributed by atoms with Crippen LogP contribution >= 0.6 is 0 Å². The molecule has 6 aromatic rings. The number of rotatable bonds is 4. The monoisotopic (exact) mass is 473 g/mol. The lowest BCUT2D eigenvalue weighted by molar-refractivity contribution is 0.102. The summed E-state index contributed by atoms with van der Waals surface area (Å²) >= 11 is 0. The maximum atomic E-state index is 13.2. The lowest BCUT2D eigenvalue weighted by Crippen LogP contribution is -2.15. The van der Waals surface area contributed by atoms with Crippen molar-refractivity contribution < 1.29 is 4.79 Å².